The number of barbiturate groups is 1. The van der Waals surface area contributed by atoms with Crippen molar-refractivity contribution in [3.05, 3.63) is 106 Å². The molecule has 9 heteroatoms. The van der Waals surface area contributed by atoms with Gasteiger partial charge in [-0.05, 0) is 61.4 Å². The number of urea groups is 1. The zero-order valence-electron chi connectivity index (χ0n) is 20.5. The SMILES string of the molecule is C=CCc1cc(C=C2C(=O)NC(=O)N(c3cccc(F)c3)C2=O)cc(OCC)c1OCc1ccccc1Cl. The van der Waals surface area contributed by atoms with E-state index in [1.807, 2.05) is 25.1 Å². The summed E-state index contributed by atoms with van der Waals surface area (Å²) in [5.74, 6) is -1.51. The van der Waals surface area contributed by atoms with Gasteiger partial charge in [-0.3, -0.25) is 14.9 Å². The lowest BCUT2D eigenvalue weighted by Gasteiger charge is -2.26. The van der Waals surface area contributed by atoms with Gasteiger partial charge in [-0.25, -0.2) is 14.1 Å². The van der Waals surface area contributed by atoms with Crippen molar-refractivity contribution in [1.29, 1.82) is 0 Å². The number of amides is 4. The summed E-state index contributed by atoms with van der Waals surface area (Å²) in [5, 5.41) is 2.70. The summed E-state index contributed by atoms with van der Waals surface area (Å²) >= 11 is 6.27. The first kappa shape index (κ1) is 26.6. The molecule has 1 fully saturated rings. The van der Waals surface area contributed by atoms with Crippen LogP contribution in [0.5, 0.6) is 11.5 Å². The van der Waals surface area contributed by atoms with Gasteiger partial charge in [0.1, 0.15) is 18.0 Å². The Morgan fingerprint density at radius 2 is 1.82 bits per heavy atom. The van der Waals surface area contributed by atoms with Crippen LogP contribution in [0.25, 0.3) is 6.08 Å². The molecule has 1 saturated heterocycles. The van der Waals surface area contributed by atoms with E-state index < -0.39 is 23.7 Å². The lowest BCUT2D eigenvalue weighted by Crippen LogP contribution is -2.54. The summed E-state index contributed by atoms with van der Waals surface area (Å²) in [4.78, 5) is 39.0. The van der Waals surface area contributed by atoms with E-state index in [1.54, 1.807) is 24.3 Å². The van der Waals surface area contributed by atoms with Gasteiger partial charge >= 0.3 is 6.03 Å². The van der Waals surface area contributed by atoms with Crippen LogP contribution in [0.1, 0.15) is 23.6 Å². The van der Waals surface area contributed by atoms with E-state index in [1.165, 1.54) is 24.3 Å². The van der Waals surface area contributed by atoms with E-state index in [-0.39, 0.29) is 17.9 Å². The maximum atomic E-state index is 13.8. The van der Waals surface area contributed by atoms with Gasteiger partial charge < -0.3 is 9.47 Å². The molecular weight excluding hydrogens is 511 g/mol. The summed E-state index contributed by atoms with van der Waals surface area (Å²) in [5.41, 5.74) is 1.65. The summed E-state index contributed by atoms with van der Waals surface area (Å²) < 4.78 is 25.7. The van der Waals surface area contributed by atoms with E-state index in [0.29, 0.717) is 45.6 Å². The Morgan fingerprint density at radius 3 is 2.53 bits per heavy atom. The molecule has 38 heavy (non-hydrogen) atoms. The Morgan fingerprint density at radius 1 is 1.03 bits per heavy atom. The molecule has 3 aromatic rings. The molecule has 0 aromatic heterocycles. The number of carbonyl (C=O) groups excluding carboxylic acids is 3. The summed E-state index contributed by atoms with van der Waals surface area (Å²) in [6, 6.07) is 14.7. The first-order chi connectivity index (χ1) is 18.3. The fraction of sp³-hybridized carbons (Fsp3) is 0.138. The highest BCUT2D eigenvalue weighted by Crippen LogP contribution is 2.36. The number of nitrogens with one attached hydrogen (secondary N) is 1. The molecule has 3 aromatic carbocycles. The van der Waals surface area contributed by atoms with Crippen LogP contribution >= 0.6 is 11.6 Å². The van der Waals surface area contributed by atoms with E-state index in [0.717, 1.165) is 11.6 Å². The fourth-order valence-corrected chi connectivity index (χ4v) is 4.13. The highest BCUT2D eigenvalue weighted by Gasteiger charge is 2.37. The summed E-state index contributed by atoms with van der Waals surface area (Å²) in [6.45, 7) is 6.14. The molecule has 0 spiro atoms. The van der Waals surface area contributed by atoms with Crippen LogP contribution in [0.3, 0.4) is 0 Å². The van der Waals surface area contributed by atoms with Gasteiger partial charge in [-0.2, -0.15) is 0 Å². The minimum Gasteiger partial charge on any atom is -0.490 e. The molecule has 0 aliphatic carbocycles. The Labute approximate surface area is 224 Å². The number of imide groups is 2. The van der Waals surface area contributed by atoms with Crippen LogP contribution in [-0.2, 0) is 22.6 Å². The zero-order valence-corrected chi connectivity index (χ0v) is 21.3. The van der Waals surface area contributed by atoms with Gasteiger partial charge in [0.2, 0.25) is 0 Å². The Kier molecular flexibility index (Phi) is 8.23. The first-order valence-electron chi connectivity index (χ1n) is 11.8. The van der Waals surface area contributed by atoms with Crippen molar-refractivity contribution in [2.24, 2.45) is 0 Å². The van der Waals surface area contributed by atoms with Crippen LogP contribution in [0, 0.1) is 5.82 Å². The van der Waals surface area contributed by atoms with Crippen LogP contribution in [0.4, 0.5) is 14.9 Å². The standard InChI is InChI=1S/C29H24ClFN2O5/c1-3-8-19-13-18(15-25(37-4-2)26(19)38-17-20-9-5-6-12-24(20)30)14-23-27(34)32-29(36)33(28(23)35)22-11-7-10-21(31)16-22/h3,5-7,9-16H,1,4,8,17H2,2H3,(H,32,34,36). The molecule has 7 nitrogen and oxygen atoms in total. The van der Waals surface area contributed by atoms with E-state index in [2.05, 4.69) is 11.9 Å². The number of anilines is 1. The highest BCUT2D eigenvalue weighted by atomic mass is 35.5. The lowest BCUT2D eigenvalue weighted by molar-refractivity contribution is -0.122. The normalized spacial score (nSPS) is 14.4. The molecule has 1 heterocycles. The first-order valence-corrected chi connectivity index (χ1v) is 12.1. The number of nitrogens with zero attached hydrogens (tertiary/aromatic N) is 1. The summed E-state index contributed by atoms with van der Waals surface area (Å²) in [6.07, 6.45) is 3.44. The number of allylic oxidation sites excluding steroid dienone is 1. The number of halogens is 2. The Bertz CT molecular complexity index is 1450. The van der Waals surface area contributed by atoms with E-state index >= 15 is 0 Å². The van der Waals surface area contributed by atoms with Crippen LogP contribution in [0.15, 0.2) is 78.9 Å². The molecule has 0 atom stereocenters. The highest BCUT2D eigenvalue weighted by molar-refractivity contribution is 6.39. The number of ether oxygens (including phenoxy) is 2. The van der Waals surface area contributed by atoms with Gasteiger partial charge in [0, 0.05) is 16.1 Å². The van der Waals surface area contributed by atoms with E-state index in [9.17, 15) is 18.8 Å². The second-order valence-corrected chi connectivity index (χ2v) is 8.66. The lowest BCUT2D eigenvalue weighted by atomic mass is 10.0. The Hall–Kier alpha value is -4.43. The smallest absolute Gasteiger partial charge is 0.335 e. The van der Waals surface area contributed by atoms with Crippen LogP contribution < -0.4 is 19.7 Å². The number of hydrogen-bond donors (Lipinski definition) is 1. The predicted octanol–water partition coefficient (Wildman–Crippen LogP) is 5.85. The topological polar surface area (TPSA) is 84.9 Å². The number of hydrogen-bond acceptors (Lipinski definition) is 5. The molecule has 0 radical (unpaired) electrons. The van der Waals surface area contributed by atoms with Crippen molar-refractivity contribution < 1.29 is 28.2 Å². The van der Waals surface area contributed by atoms with Gasteiger partial charge in [-0.15, -0.1) is 6.58 Å². The van der Waals surface area contributed by atoms with Crippen LogP contribution in [-0.4, -0.2) is 24.5 Å². The number of carbonyl (C=O) groups is 3. The van der Waals surface area contributed by atoms with Gasteiger partial charge in [0.15, 0.2) is 11.5 Å². The third-order valence-corrected chi connectivity index (χ3v) is 6.00. The number of benzene rings is 3. The third kappa shape index (κ3) is 5.76. The molecular formula is C29H24ClFN2O5. The molecule has 194 valence electrons. The maximum Gasteiger partial charge on any atom is 0.335 e. The molecule has 4 amide bonds. The summed E-state index contributed by atoms with van der Waals surface area (Å²) in [7, 11) is 0. The molecule has 0 bridgehead atoms. The van der Waals surface area contributed by atoms with Crippen molar-refractivity contribution in [2.75, 3.05) is 11.5 Å². The molecule has 0 unspecified atom stereocenters. The van der Waals surface area contributed by atoms with Crippen molar-refractivity contribution in [2.45, 2.75) is 20.0 Å². The van der Waals surface area contributed by atoms with E-state index in [4.69, 9.17) is 21.1 Å². The van der Waals surface area contributed by atoms with Gasteiger partial charge in [0.25, 0.3) is 11.8 Å². The van der Waals surface area contributed by atoms with Gasteiger partial charge in [0.05, 0.1) is 12.3 Å². The molecule has 1 aliphatic heterocycles. The molecule has 4 rings (SSSR count). The van der Waals surface area contributed by atoms with Crippen LogP contribution in [0.2, 0.25) is 5.02 Å². The van der Waals surface area contributed by atoms with Crippen molar-refractivity contribution >= 4 is 41.2 Å². The second-order valence-electron chi connectivity index (χ2n) is 8.25. The quantitative estimate of drug-likeness (QED) is 0.211. The average Bonchev–Trinajstić information content (AvgIpc) is 2.87. The minimum absolute atomic E-state index is 0.00317. The van der Waals surface area contributed by atoms with Crippen molar-refractivity contribution in [3.8, 4) is 11.5 Å². The average molecular weight is 535 g/mol. The monoisotopic (exact) mass is 534 g/mol. The minimum atomic E-state index is -0.964. The van der Waals surface area contributed by atoms with Crippen molar-refractivity contribution in [3.63, 3.8) is 0 Å². The fourth-order valence-electron chi connectivity index (χ4n) is 3.94. The number of rotatable bonds is 9. The largest absolute Gasteiger partial charge is 0.490 e. The molecule has 0 saturated carbocycles. The predicted molar refractivity (Wildman–Crippen MR) is 143 cm³/mol. The Balaban J connectivity index is 1.73. The maximum absolute atomic E-state index is 13.8. The second kappa shape index (κ2) is 11.7. The molecule has 1 aliphatic rings. The molecule has 1 N–H and O–H groups in total. The third-order valence-electron chi connectivity index (χ3n) is 5.63. The van der Waals surface area contributed by atoms with Crippen molar-refractivity contribution in [1.82, 2.24) is 5.32 Å². The van der Waals surface area contributed by atoms with Gasteiger partial charge in [-0.1, -0.05) is 41.9 Å². The zero-order chi connectivity index (χ0) is 27.2.